The number of aliphatic hydroxyl groups excluding tert-OH is 1. The molecule has 0 aromatic heterocycles. The summed E-state index contributed by atoms with van der Waals surface area (Å²) in [4.78, 5) is 36.8. The van der Waals surface area contributed by atoms with Gasteiger partial charge in [0.25, 0.3) is 0 Å². The topological polar surface area (TPSA) is 130 Å². The van der Waals surface area contributed by atoms with Gasteiger partial charge in [0.2, 0.25) is 5.78 Å². The molecule has 0 amide bonds. The first-order chi connectivity index (χ1) is 14.0. The van der Waals surface area contributed by atoms with Crippen LogP contribution in [0.1, 0.15) is 60.4 Å². The third-order valence-corrected chi connectivity index (χ3v) is 6.18. The van der Waals surface area contributed by atoms with Gasteiger partial charge in [0.05, 0.1) is 24.2 Å². The lowest BCUT2D eigenvalue weighted by molar-refractivity contribution is -0.132. The van der Waals surface area contributed by atoms with Crippen LogP contribution in [0.3, 0.4) is 0 Å². The number of phenols is 1. The van der Waals surface area contributed by atoms with Crippen LogP contribution in [-0.4, -0.2) is 52.2 Å². The fourth-order valence-electron chi connectivity index (χ4n) is 4.08. The van der Waals surface area contributed by atoms with Gasteiger partial charge >= 0.3 is 5.97 Å². The normalized spacial score (nSPS) is 24.3. The predicted octanol–water partition coefficient (Wildman–Crippen LogP) is 2.51. The first kappa shape index (κ1) is 21.6. The number of carbonyl (C=O) groups excluding carboxylic acids is 2. The number of aliphatic carboxylic acids is 1. The van der Waals surface area contributed by atoms with E-state index in [9.17, 15) is 24.6 Å². The summed E-state index contributed by atoms with van der Waals surface area (Å²) in [5, 5.41) is 30.7. The molecule has 3 atom stereocenters. The van der Waals surface area contributed by atoms with Crippen LogP contribution >= 0.6 is 0 Å². The van der Waals surface area contributed by atoms with Gasteiger partial charge in [-0.1, -0.05) is 6.08 Å². The molecule has 3 N–H and O–H groups in total. The summed E-state index contributed by atoms with van der Waals surface area (Å²) in [7, 11) is 1.29. The first-order valence-corrected chi connectivity index (χ1v) is 9.46. The van der Waals surface area contributed by atoms with E-state index in [1.165, 1.54) is 33.1 Å². The Morgan fingerprint density at radius 1 is 1.37 bits per heavy atom. The van der Waals surface area contributed by atoms with E-state index in [4.69, 9.17) is 14.6 Å². The van der Waals surface area contributed by atoms with E-state index in [1.807, 2.05) is 0 Å². The maximum Gasteiger partial charge on any atom is 0.330 e. The van der Waals surface area contributed by atoms with E-state index in [1.54, 1.807) is 13.8 Å². The number of phenolic OH excluding ortho intramolecular Hbond substituents is 1. The number of benzene rings is 1. The van der Waals surface area contributed by atoms with Crippen molar-refractivity contribution in [2.45, 2.75) is 51.7 Å². The first-order valence-electron chi connectivity index (χ1n) is 9.46. The van der Waals surface area contributed by atoms with Crippen molar-refractivity contribution in [2.24, 2.45) is 0 Å². The number of hydrogen-bond donors (Lipinski definition) is 3. The zero-order valence-corrected chi connectivity index (χ0v) is 17.4. The van der Waals surface area contributed by atoms with Crippen LogP contribution in [0.25, 0.3) is 0 Å². The van der Waals surface area contributed by atoms with Crippen LogP contribution in [0.4, 0.5) is 0 Å². The molecule has 1 aliphatic heterocycles. The number of Topliss-reactive ketones (excluding diaryl/α,β-unsaturated/α-hetero) is 2. The quantitative estimate of drug-likeness (QED) is 0.624. The van der Waals surface area contributed by atoms with E-state index in [2.05, 4.69) is 0 Å². The summed E-state index contributed by atoms with van der Waals surface area (Å²) in [6.45, 7) is 6.25. The summed E-state index contributed by atoms with van der Waals surface area (Å²) in [6.07, 6.45) is -0.384. The fraction of sp³-hybridized carbons (Fsp3) is 0.409. The Bertz CT molecular complexity index is 1030. The smallest absolute Gasteiger partial charge is 0.330 e. The van der Waals surface area contributed by atoms with Crippen LogP contribution in [0.2, 0.25) is 0 Å². The van der Waals surface area contributed by atoms with Gasteiger partial charge in [-0.15, -0.1) is 0 Å². The minimum atomic E-state index is -1.15. The van der Waals surface area contributed by atoms with E-state index in [0.29, 0.717) is 0 Å². The standard InChI is InChI=1S/C22H24O8/c1-9(21(27)28)6-7-14(24)22(4)11(3)30-20-15-12(8-13(23)16(20)22)18(26)19(29-5)10(2)17(15)25/h6,8,11,14,23-24H,7H2,1-5H3,(H,27,28)/t11-,14-,22-/m1/s1. The van der Waals surface area contributed by atoms with Crippen molar-refractivity contribution in [2.75, 3.05) is 7.11 Å². The number of rotatable bonds is 5. The number of aromatic hydroxyl groups is 1. The van der Waals surface area contributed by atoms with Gasteiger partial charge in [0.15, 0.2) is 11.5 Å². The van der Waals surface area contributed by atoms with Crippen LogP contribution < -0.4 is 4.74 Å². The maximum absolute atomic E-state index is 13.0. The predicted molar refractivity (Wildman–Crippen MR) is 106 cm³/mol. The lowest BCUT2D eigenvalue weighted by Gasteiger charge is -2.33. The third-order valence-electron chi connectivity index (χ3n) is 6.18. The van der Waals surface area contributed by atoms with Crippen molar-refractivity contribution in [1.29, 1.82) is 0 Å². The maximum atomic E-state index is 13.0. The van der Waals surface area contributed by atoms with Crippen molar-refractivity contribution < 1.29 is 39.2 Å². The van der Waals surface area contributed by atoms with Crippen molar-refractivity contribution in [3.8, 4) is 11.5 Å². The molecule has 0 radical (unpaired) electrons. The highest BCUT2D eigenvalue weighted by molar-refractivity contribution is 6.27. The lowest BCUT2D eigenvalue weighted by Crippen LogP contribution is -2.44. The highest BCUT2D eigenvalue weighted by Crippen LogP contribution is 2.53. The Labute approximate surface area is 173 Å². The Hall–Kier alpha value is -3.13. The molecule has 3 rings (SSSR count). The number of fused-ring (bicyclic) bond motifs is 3. The number of hydrogen-bond acceptors (Lipinski definition) is 7. The average molecular weight is 416 g/mol. The van der Waals surface area contributed by atoms with Gasteiger partial charge in [0.1, 0.15) is 17.6 Å². The second-order valence-corrected chi connectivity index (χ2v) is 7.83. The van der Waals surface area contributed by atoms with Crippen LogP contribution in [0.15, 0.2) is 29.0 Å². The molecule has 1 aromatic rings. The van der Waals surface area contributed by atoms with Gasteiger partial charge in [-0.05, 0) is 40.2 Å². The minimum absolute atomic E-state index is 0.00206. The highest BCUT2D eigenvalue weighted by atomic mass is 16.5. The van der Waals surface area contributed by atoms with Crippen molar-refractivity contribution in [3.05, 3.63) is 45.7 Å². The summed E-state index contributed by atoms with van der Waals surface area (Å²) in [5.74, 6) is -2.40. The zero-order valence-electron chi connectivity index (χ0n) is 17.4. The molecule has 1 aliphatic carbocycles. The number of aliphatic hydroxyl groups is 1. The molecule has 0 unspecified atom stereocenters. The Kier molecular flexibility index (Phi) is 5.24. The molecule has 160 valence electrons. The average Bonchev–Trinajstić information content (AvgIpc) is 2.96. The van der Waals surface area contributed by atoms with Crippen molar-refractivity contribution in [3.63, 3.8) is 0 Å². The van der Waals surface area contributed by atoms with Gasteiger partial charge < -0.3 is 24.8 Å². The number of methoxy groups -OCH3 is 1. The van der Waals surface area contributed by atoms with E-state index in [-0.39, 0.29) is 51.5 Å². The molecule has 0 fully saturated rings. The van der Waals surface area contributed by atoms with Gasteiger partial charge in [-0.3, -0.25) is 9.59 Å². The molecule has 2 aliphatic rings. The minimum Gasteiger partial charge on any atom is -0.507 e. The largest absolute Gasteiger partial charge is 0.507 e. The lowest BCUT2D eigenvalue weighted by atomic mass is 9.71. The third kappa shape index (κ3) is 2.90. The van der Waals surface area contributed by atoms with Gasteiger partial charge in [0, 0.05) is 22.3 Å². The molecule has 8 heteroatoms. The Morgan fingerprint density at radius 3 is 2.57 bits per heavy atom. The molecule has 0 saturated carbocycles. The summed E-state index contributed by atoms with van der Waals surface area (Å²) in [6, 6.07) is 1.20. The second kappa shape index (κ2) is 7.28. The van der Waals surface area contributed by atoms with Crippen molar-refractivity contribution in [1.82, 2.24) is 0 Å². The van der Waals surface area contributed by atoms with E-state index >= 15 is 0 Å². The second-order valence-electron chi connectivity index (χ2n) is 7.83. The SMILES string of the molecule is COC1=C(C)C(=O)c2c(cc(O)c3c2O[C@H](C)[C@]3(C)[C@H](O)CC=C(C)C(=O)O)C1=O. The van der Waals surface area contributed by atoms with Crippen LogP contribution in [0, 0.1) is 0 Å². The molecular weight excluding hydrogens is 392 g/mol. The van der Waals surface area contributed by atoms with Crippen LogP contribution in [0.5, 0.6) is 11.5 Å². The summed E-state index contributed by atoms with van der Waals surface area (Å²) in [5.41, 5.74) is -0.706. The molecule has 0 bridgehead atoms. The van der Waals surface area contributed by atoms with Crippen molar-refractivity contribution >= 4 is 17.5 Å². The number of carboxylic acid groups (broad SMARTS) is 1. The van der Waals surface area contributed by atoms with E-state index < -0.39 is 35.2 Å². The number of allylic oxidation sites excluding steroid dienone is 2. The van der Waals surface area contributed by atoms with Gasteiger partial charge in [-0.25, -0.2) is 4.79 Å². The fourth-order valence-corrected chi connectivity index (χ4v) is 4.08. The molecule has 30 heavy (non-hydrogen) atoms. The summed E-state index contributed by atoms with van der Waals surface area (Å²) >= 11 is 0. The molecule has 1 heterocycles. The number of carbonyl (C=O) groups is 3. The molecule has 1 aromatic carbocycles. The zero-order chi connectivity index (χ0) is 22.5. The van der Waals surface area contributed by atoms with Gasteiger partial charge in [-0.2, -0.15) is 0 Å². The molecular formula is C22H24O8. The van der Waals surface area contributed by atoms with Crippen LogP contribution in [-0.2, 0) is 14.9 Å². The van der Waals surface area contributed by atoms with E-state index in [0.717, 1.165) is 0 Å². The molecule has 0 saturated heterocycles. The number of carboxylic acids is 1. The highest BCUT2D eigenvalue weighted by Gasteiger charge is 2.52. The number of ketones is 2. The molecule has 8 nitrogen and oxygen atoms in total. The Balaban J connectivity index is 2.16. The molecule has 0 spiro atoms. The summed E-state index contributed by atoms with van der Waals surface area (Å²) < 4.78 is 11.0. The Morgan fingerprint density at radius 2 is 2.00 bits per heavy atom. The monoisotopic (exact) mass is 416 g/mol. The number of ether oxygens (including phenoxy) is 2.